The first-order valence-corrected chi connectivity index (χ1v) is 6.46. The molecule has 0 aliphatic rings. The number of hydrogen-bond donors (Lipinski definition) is 2. The molecule has 0 aliphatic carbocycles. The summed E-state index contributed by atoms with van der Waals surface area (Å²) in [7, 11) is 0. The monoisotopic (exact) mass is 236 g/mol. The van der Waals surface area contributed by atoms with E-state index in [1.807, 2.05) is 12.1 Å². The van der Waals surface area contributed by atoms with Gasteiger partial charge in [0.1, 0.15) is 5.76 Å². The molecule has 17 heavy (non-hydrogen) atoms. The predicted octanol–water partition coefficient (Wildman–Crippen LogP) is 3.48. The van der Waals surface area contributed by atoms with E-state index in [1.165, 1.54) is 24.8 Å². The van der Waals surface area contributed by atoms with Crippen molar-refractivity contribution < 1.29 is 4.42 Å². The summed E-state index contributed by atoms with van der Waals surface area (Å²) in [6, 6.07) is 2.24. The highest BCUT2D eigenvalue weighted by Crippen LogP contribution is 2.24. The molecule has 1 aromatic heterocycles. The van der Waals surface area contributed by atoms with Crippen LogP contribution in [0, 0.1) is 0 Å². The fraction of sp³-hybridized carbons (Fsp3) is 0.571. The van der Waals surface area contributed by atoms with Crippen molar-refractivity contribution in [1.29, 1.82) is 0 Å². The molecule has 3 nitrogen and oxygen atoms in total. The smallest absolute Gasteiger partial charge is 0.108 e. The molecule has 0 radical (unpaired) electrons. The van der Waals surface area contributed by atoms with E-state index < -0.39 is 0 Å². The first-order valence-electron chi connectivity index (χ1n) is 6.46. The van der Waals surface area contributed by atoms with Crippen molar-refractivity contribution in [3.05, 3.63) is 36.3 Å². The largest absolute Gasteiger partial charge is 0.469 e. The van der Waals surface area contributed by atoms with E-state index in [0.29, 0.717) is 0 Å². The summed E-state index contributed by atoms with van der Waals surface area (Å²) >= 11 is 0. The highest BCUT2D eigenvalue weighted by Gasteiger charge is 2.14. The van der Waals surface area contributed by atoms with Gasteiger partial charge < -0.3 is 4.42 Å². The Morgan fingerprint density at radius 2 is 2.29 bits per heavy atom. The molecule has 0 saturated carbocycles. The quantitative estimate of drug-likeness (QED) is 0.299. The summed E-state index contributed by atoms with van der Waals surface area (Å²) in [6.45, 7) is 5.83. The van der Waals surface area contributed by atoms with Crippen LogP contribution in [-0.4, -0.2) is 0 Å². The number of hydrogen-bond acceptors (Lipinski definition) is 3. The minimum atomic E-state index is 0.215. The maximum absolute atomic E-state index is 5.62. The normalized spacial score (nSPS) is 12.6. The van der Waals surface area contributed by atoms with Crippen molar-refractivity contribution in [1.82, 2.24) is 5.43 Å². The molecule has 3 N–H and O–H groups in total. The van der Waals surface area contributed by atoms with Gasteiger partial charge >= 0.3 is 0 Å². The summed E-state index contributed by atoms with van der Waals surface area (Å²) in [6.07, 6.45) is 10.4. The molecule has 1 aromatic rings. The number of hydrazine groups is 1. The van der Waals surface area contributed by atoms with Crippen LogP contribution in [0.2, 0.25) is 0 Å². The number of allylic oxidation sites excluding steroid dienone is 1. The SMILES string of the molecule is C=CCCCCCC(NN)c1ccoc1CC. The van der Waals surface area contributed by atoms with E-state index in [1.54, 1.807) is 6.26 Å². The number of rotatable bonds is 9. The average Bonchev–Trinajstić information content (AvgIpc) is 2.82. The third-order valence-corrected chi connectivity index (χ3v) is 3.08. The number of nitrogens with one attached hydrogen (secondary N) is 1. The Morgan fingerprint density at radius 1 is 1.47 bits per heavy atom. The molecule has 3 heteroatoms. The van der Waals surface area contributed by atoms with Crippen molar-refractivity contribution in [2.24, 2.45) is 5.84 Å². The Hall–Kier alpha value is -1.06. The van der Waals surface area contributed by atoms with Gasteiger partial charge in [-0.05, 0) is 25.3 Å². The van der Waals surface area contributed by atoms with Gasteiger partial charge in [-0.3, -0.25) is 11.3 Å². The second kappa shape index (κ2) is 8.09. The van der Waals surface area contributed by atoms with Crippen molar-refractivity contribution in [2.75, 3.05) is 0 Å². The fourth-order valence-corrected chi connectivity index (χ4v) is 2.09. The van der Waals surface area contributed by atoms with Crippen molar-refractivity contribution in [3.63, 3.8) is 0 Å². The van der Waals surface area contributed by atoms with Gasteiger partial charge in [0, 0.05) is 18.0 Å². The topological polar surface area (TPSA) is 51.2 Å². The number of furan rings is 1. The van der Waals surface area contributed by atoms with Gasteiger partial charge in [-0.15, -0.1) is 6.58 Å². The lowest BCUT2D eigenvalue weighted by atomic mass is 10.00. The molecule has 1 heterocycles. The molecule has 0 spiro atoms. The third kappa shape index (κ3) is 4.36. The van der Waals surface area contributed by atoms with Crippen LogP contribution in [0.4, 0.5) is 0 Å². The van der Waals surface area contributed by atoms with E-state index in [0.717, 1.165) is 25.0 Å². The van der Waals surface area contributed by atoms with Crippen molar-refractivity contribution in [2.45, 2.75) is 51.5 Å². The first-order chi connectivity index (χ1) is 8.33. The van der Waals surface area contributed by atoms with Crippen LogP contribution < -0.4 is 11.3 Å². The van der Waals surface area contributed by atoms with Gasteiger partial charge in [0.2, 0.25) is 0 Å². The molecule has 1 unspecified atom stereocenters. The zero-order chi connectivity index (χ0) is 12.5. The van der Waals surface area contributed by atoms with Crippen LogP contribution in [0.25, 0.3) is 0 Å². The van der Waals surface area contributed by atoms with Crippen LogP contribution >= 0.6 is 0 Å². The Bertz CT molecular complexity index is 320. The lowest BCUT2D eigenvalue weighted by Crippen LogP contribution is -2.28. The lowest BCUT2D eigenvalue weighted by Gasteiger charge is -2.15. The van der Waals surface area contributed by atoms with E-state index in [9.17, 15) is 0 Å². The van der Waals surface area contributed by atoms with Crippen molar-refractivity contribution in [3.8, 4) is 0 Å². The molecular weight excluding hydrogens is 212 g/mol. The van der Waals surface area contributed by atoms with E-state index in [4.69, 9.17) is 10.3 Å². The molecule has 0 fully saturated rings. The maximum Gasteiger partial charge on any atom is 0.108 e. The van der Waals surface area contributed by atoms with Crippen LogP contribution in [0.15, 0.2) is 29.4 Å². The van der Waals surface area contributed by atoms with Crippen LogP contribution in [-0.2, 0) is 6.42 Å². The first kappa shape index (κ1) is 14.0. The fourth-order valence-electron chi connectivity index (χ4n) is 2.09. The summed E-state index contributed by atoms with van der Waals surface area (Å²) in [4.78, 5) is 0. The molecule has 1 rings (SSSR count). The lowest BCUT2D eigenvalue weighted by molar-refractivity contribution is 0.459. The molecule has 0 bridgehead atoms. The second-order valence-electron chi connectivity index (χ2n) is 4.30. The summed E-state index contributed by atoms with van der Waals surface area (Å²) in [5, 5.41) is 0. The summed E-state index contributed by atoms with van der Waals surface area (Å²) < 4.78 is 5.43. The van der Waals surface area contributed by atoms with Crippen LogP contribution in [0.3, 0.4) is 0 Å². The van der Waals surface area contributed by atoms with Gasteiger partial charge in [-0.2, -0.15) is 0 Å². The highest BCUT2D eigenvalue weighted by molar-refractivity contribution is 5.21. The predicted molar refractivity (Wildman–Crippen MR) is 71.4 cm³/mol. The van der Waals surface area contributed by atoms with E-state index >= 15 is 0 Å². The van der Waals surface area contributed by atoms with Crippen molar-refractivity contribution >= 4 is 0 Å². The van der Waals surface area contributed by atoms with Gasteiger partial charge in [-0.1, -0.05) is 25.8 Å². The Morgan fingerprint density at radius 3 is 2.94 bits per heavy atom. The highest BCUT2D eigenvalue weighted by atomic mass is 16.3. The van der Waals surface area contributed by atoms with Crippen LogP contribution in [0.5, 0.6) is 0 Å². The van der Waals surface area contributed by atoms with Gasteiger partial charge in [0.25, 0.3) is 0 Å². The summed E-state index contributed by atoms with van der Waals surface area (Å²) in [5.74, 6) is 6.66. The van der Waals surface area contributed by atoms with Gasteiger partial charge in [0.05, 0.1) is 6.26 Å². The molecule has 0 aromatic carbocycles. The number of aryl methyl sites for hydroxylation is 1. The van der Waals surface area contributed by atoms with E-state index in [-0.39, 0.29) is 6.04 Å². The molecule has 0 saturated heterocycles. The maximum atomic E-state index is 5.62. The molecule has 96 valence electrons. The minimum absolute atomic E-state index is 0.215. The van der Waals surface area contributed by atoms with Gasteiger partial charge in [0.15, 0.2) is 0 Å². The second-order valence-corrected chi connectivity index (χ2v) is 4.30. The Balaban J connectivity index is 2.40. The zero-order valence-corrected chi connectivity index (χ0v) is 10.7. The van der Waals surface area contributed by atoms with Gasteiger partial charge in [-0.25, -0.2) is 0 Å². The molecule has 0 aliphatic heterocycles. The average molecular weight is 236 g/mol. The molecular formula is C14H24N2O. The minimum Gasteiger partial charge on any atom is -0.469 e. The number of nitrogens with two attached hydrogens (primary N) is 1. The molecule has 1 atom stereocenters. The Labute approximate surface area is 104 Å². The zero-order valence-electron chi connectivity index (χ0n) is 10.7. The molecule has 0 amide bonds. The summed E-state index contributed by atoms with van der Waals surface area (Å²) in [5.41, 5.74) is 4.10. The van der Waals surface area contributed by atoms with Crippen LogP contribution in [0.1, 0.15) is 56.4 Å². The Kier molecular flexibility index (Phi) is 6.67. The van der Waals surface area contributed by atoms with E-state index in [2.05, 4.69) is 18.9 Å². The standard InChI is InChI=1S/C14H24N2O/c1-3-5-6-7-8-9-13(16-15)12-10-11-17-14(12)4-2/h3,10-11,13,16H,1,4-9,15H2,2H3. The number of unbranched alkanes of at least 4 members (excludes halogenated alkanes) is 3. The third-order valence-electron chi connectivity index (χ3n) is 3.08.